The van der Waals surface area contributed by atoms with Crippen molar-refractivity contribution in [3.05, 3.63) is 0 Å². The molecule has 0 aromatic rings. The van der Waals surface area contributed by atoms with Crippen molar-refractivity contribution in [2.24, 2.45) is 0 Å². The first-order valence-electron chi connectivity index (χ1n) is 1.79. The summed E-state index contributed by atoms with van der Waals surface area (Å²) in [5.74, 6) is 0. The Morgan fingerprint density at radius 1 is 0.500 bits per heavy atom. The molecule has 12 heteroatoms. The van der Waals surface area contributed by atoms with Crippen molar-refractivity contribution in [3.8, 4) is 0 Å². The van der Waals surface area contributed by atoms with Gasteiger partial charge in [0.1, 0.15) is 0 Å². The zero-order chi connectivity index (χ0) is 9.00. The van der Waals surface area contributed by atoms with E-state index in [1.165, 1.54) is 0 Å². The van der Waals surface area contributed by atoms with Crippen LogP contribution in [0.2, 0.25) is 0 Å². The van der Waals surface area contributed by atoms with Gasteiger partial charge in [-0.1, -0.05) is 0 Å². The number of rotatable bonds is 0. The molecule has 0 radical (unpaired) electrons. The van der Waals surface area contributed by atoms with E-state index in [1.54, 1.807) is 0 Å². The van der Waals surface area contributed by atoms with Crippen LogP contribution >= 0.6 is 0 Å². The molecular weight excluding hydrogens is 263 g/mol. The van der Waals surface area contributed by atoms with Gasteiger partial charge >= 0.3 is 107 Å². The van der Waals surface area contributed by atoms with Crippen molar-refractivity contribution >= 4 is 107 Å². The van der Waals surface area contributed by atoms with Crippen LogP contribution in [0.5, 0.6) is 0 Å². The van der Waals surface area contributed by atoms with Crippen LogP contribution in [0, 0.1) is 0 Å². The van der Waals surface area contributed by atoms with Crippen LogP contribution < -0.4 is 0 Å². The van der Waals surface area contributed by atoms with Gasteiger partial charge in [-0.3, -0.25) is 0 Å². The minimum absolute atomic E-state index is 0. The molecule has 0 fully saturated rings. The fourth-order valence-corrected chi connectivity index (χ4v) is 0. The summed E-state index contributed by atoms with van der Waals surface area (Å²) in [4.78, 5) is 58.6. The van der Waals surface area contributed by atoms with Crippen molar-refractivity contribution in [2.45, 2.75) is 0 Å². The van der Waals surface area contributed by atoms with E-state index in [0.717, 1.165) is 0 Å². The molecule has 0 unspecified atom stereocenters. The van der Waals surface area contributed by atoms with E-state index in [0.29, 0.717) is 0 Å². The van der Waals surface area contributed by atoms with Gasteiger partial charge in [-0.25, -0.2) is 0 Å². The molecule has 0 rings (SSSR count). The molecule has 0 aliphatic rings. The van der Waals surface area contributed by atoms with Crippen LogP contribution in [0.4, 0.5) is 0 Å². The molecule has 8 nitrogen and oxygen atoms in total. The molecule has 12 heavy (non-hydrogen) atoms. The molecule has 70 valence electrons. The van der Waals surface area contributed by atoms with E-state index in [-0.39, 0.29) is 89.1 Å². The Kier molecular flexibility index (Phi) is 21.3. The Morgan fingerprint density at radius 3 is 0.500 bits per heavy atom. The summed E-state index contributed by atoms with van der Waals surface area (Å²) < 4.78 is 0. The van der Waals surface area contributed by atoms with Gasteiger partial charge in [0.25, 0.3) is 0 Å². The monoisotopic (exact) mass is 274 g/mol. The van der Waals surface area contributed by atoms with Crippen molar-refractivity contribution in [3.63, 3.8) is 0 Å². The first kappa shape index (κ1) is 24.3. The second kappa shape index (κ2) is 10.5. The van der Waals surface area contributed by atoms with Crippen LogP contribution in [0.15, 0.2) is 0 Å². The maximum atomic E-state index is 7.33. The molecule has 8 N–H and O–H groups in total. The van der Waals surface area contributed by atoms with Crippen LogP contribution in [0.3, 0.4) is 0 Å². The first-order valence-corrected chi connectivity index (χ1v) is 5.37. The van der Waals surface area contributed by atoms with E-state index in [1.807, 2.05) is 0 Å². The molecule has 0 aliphatic carbocycles. The molecule has 0 saturated carbocycles. The van der Waals surface area contributed by atoms with E-state index >= 15 is 0 Å². The summed E-state index contributed by atoms with van der Waals surface area (Å²) in [6.45, 7) is 0. The zero-order valence-electron chi connectivity index (χ0n) is 4.58. The Hall–Kier alpha value is 3.01. The van der Waals surface area contributed by atoms with Crippen LogP contribution in [0.1, 0.15) is 0 Å². The van der Waals surface area contributed by atoms with E-state index in [2.05, 4.69) is 0 Å². The van der Waals surface area contributed by atoms with Gasteiger partial charge in [0.15, 0.2) is 0 Å². The molecule has 0 amide bonds. The zero-order valence-corrected chi connectivity index (χ0v) is 6.58. The van der Waals surface area contributed by atoms with Gasteiger partial charge in [0.2, 0.25) is 0 Å². The molecule has 0 saturated heterocycles. The second-order valence-corrected chi connectivity index (χ2v) is 3.60. The quantitative estimate of drug-likeness (QED) is 0.202. The van der Waals surface area contributed by atoms with Gasteiger partial charge in [-0.2, -0.15) is 0 Å². The predicted molar refractivity (Wildman–Crippen MR) is 45.0 cm³/mol. The van der Waals surface area contributed by atoms with Crippen molar-refractivity contribution in [1.29, 1.82) is 0 Å². The second-order valence-electron chi connectivity index (χ2n) is 1.20. The number of hydrogen-bond donors (Lipinski definition) is 8. The van der Waals surface area contributed by atoms with Crippen LogP contribution in [-0.2, 0) is 0 Å². The van der Waals surface area contributed by atoms with E-state index in [9.17, 15) is 0 Å². The molecule has 0 spiro atoms. The van der Waals surface area contributed by atoms with Crippen LogP contribution in [0.25, 0.3) is 0 Å². The summed E-state index contributed by atoms with van der Waals surface area (Å²) in [7, 11) is -9.22. The van der Waals surface area contributed by atoms with Crippen molar-refractivity contribution in [1.82, 2.24) is 0 Å². The fraction of sp³-hybridized carbons (Fsp3) is 0. The van der Waals surface area contributed by atoms with E-state index in [4.69, 9.17) is 38.4 Å². The molecule has 0 bridgehead atoms. The maximum absolute atomic E-state index is 7.33. The van der Waals surface area contributed by atoms with Crippen molar-refractivity contribution < 1.29 is 38.4 Å². The SMILES string of the molecule is O[Si](O)(O)O.O[Si](O)(O)O.[CaH2].[KH]. The minimum atomic E-state index is -4.61. The Bertz CT molecular complexity index is 60.0. The molecule has 0 aliphatic heterocycles. The third-order valence-electron chi connectivity index (χ3n) is 0. The standard InChI is InChI=1S/Ca.K.2H4O4Si.3H/c;;2*1-5(2,3)4;;;/h;;2*1-4H;;;. The summed E-state index contributed by atoms with van der Waals surface area (Å²) in [6.07, 6.45) is 0. The van der Waals surface area contributed by atoms with E-state index < -0.39 is 18.1 Å². The third kappa shape index (κ3) is 207. The average molecular weight is 274 g/mol. The molecule has 0 aromatic carbocycles. The van der Waals surface area contributed by atoms with Gasteiger partial charge < -0.3 is 38.4 Å². The fourth-order valence-electron chi connectivity index (χ4n) is 0. The summed E-state index contributed by atoms with van der Waals surface area (Å²) in [5.41, 5.74) is 0. The Balaban J connectivity index is -0.0000000457. The molecule has 0 aromatic heterocycles. The Labute approximate surface area is 143 Å². The topological polar surface area (TPSA) is 162 Å². The third-order valence-corrected chi connectivity index (χ3v) is 0. The van der Waals surface area contributed by atoms with Gasteiger partial charge in [-0.05, 0) is 0 Å². The summed E-state index contributed by atoms with van der Waals surface area (Å²) >= 11 is 0. The number of hydrogen-bond acceptors (Lipinski definition) is 8. The Morgan fingerprint density at radius 2 is 0.500 bits per heavy atom. The normalized spacial score (nSPS) is 10.0. The predicted octanol–water partition coefficient (Wildman–Crippen LogP) is -6.78. The summed E-state index contributed by atoms with van der Waals surface area (Å²) in [6, 6.07) is 0. The van der Waals surface area contributed by atoms with Gasteiger partial charge in [-0.15, -0.1) is 0 Å². The van der Waals surface area contributed by atoms with Crippen LogP contribution in [-0.4, -0.2) is 146 Å². The first-order chi connectivity index (χ1) is 4.00. The molecular formula is H11CaKO8Si2. The van der Waals surface area contributed by atoms with Crippen molar-refractivity contribution in [2.75, 3.05) is 0 Å². The van der Waals surface area contributed by atoms with Gasteiger partial charge in [0.05, 0.1) is 0 Å². The summed E-state index contributed by atoms with van der Waals surface area (Å²) in [5, 5.41) is 0. The molecule has 0 heterocycles. The average Bonchev–Trinajstić information content (AvgIpc) is 1.12. The van der Waals surface area contributed by atoms with Gasteiger partial charge in [0, 0.05) is 0 Å². The molecule has 0 atom stereocenters.